The highest BCUT2D eigenvalue weighted by atomic mass is 16.4. The molecule has 0 aliphatic heterocycles. The lowest BCUT2D eigenvalue weighted by Gasteiger charge is -2.64. The first-order valence-corrected chi connectivity index (χ1v) is 7.45. The molecule has 0 aromatic rings. The molecule has 3 unspecified atom stereocenters. The van der Waals surface area contributed by atoms with Crippen LogP contribution in [0.25, 0.3) is 0 Å². The van der Waals surface area contributed by atoms with Crippen LogP contribution in [0, 0.1) is 22.7 Å². The number of aliphatic carboxylic acids is 1. The van der Waals surface area contributed by atoms with E-state index >= 15 is 0 Å². The Morgan fingerprint density at radius 2 is 2.00 bits per heavy atom. The van der Waals surface area contributed by atoms with Crippen LogP contribution in [0.4, 0.5) is 0 Å². The molecule has 3 fully saturated rings. The Hall–Kier alpha value is -0.790. The normalized spacial score (nSPS) is 42.6. The van der Waals surface area contributed by atoms with Crippen molar-refractivity contribution >= 4 is 5.97 Å². The summed E-state index contributed by atoms with van der Waals surface area (Å²) in [6, 6.07) is 0. The Labute approximate surface area is 109 Å². The van der Waals surface area contributed by atoms with Crippen LogP contribution in [0.15, 0.2) is 11.6 Å². The lowest BCUT2D eigenvalue weighted by atomic mass is 9.40. The molecule has 100 valence electrons. The monoisotopic (exact) mass is 248 g/mol. The highest BCUT2D eigenvalue weighted by molar-refractivity contribution is 5.87. The van der Waals surface area contributed by atoms with Gasteiger partial charge >= 0.3 is 5.97 Å². The van der Waals surface area contributed by atoms with E-state index in [1.54, 1.807) is 0 Å². The van der Waals surface area contributed by atoms with E-state index in [1.807, 2.05) is 13.8 Å². The van der Waals surface area contributed by atoms with Crippen molar-refractivity contribution in [3.63, 3.8) is 0 Å². The first-order chi connectivity index (χ1) is 8.49. The second kappa shape index (κ2) is 3.85. The van der Waals surface area contributed by atoms with Gasteiger partial charge in [-0.2, -0.15) is 0 Å². The molecule has 0 aromatic heterocycles. The molecule has 1 N–H and O–H groups in total. The number of carbonyl (C=O) groups is 1. The van der Waals surface area contributed by atoms with E-state index in [0.29, 0.717) is 11.0 Å². The maximum Gasteiger partial charge on any atom is 0.331 e. The van der Waals surface area contributed by atoms with Crippen LogP contribution in [-0.4, -0.2) is 11.1 Å². The average molecular weight is 248 g/mol. The van der Waals surface area contributed by atoms with Crippen molar-refractivity contribution in [1.29, 1.82) is 0 Å². The van der Waals surface area contributed by atoms with E-state index in [4.69, 9.17) is 0 Å². The Morgan fingerprint density at radius 3 is 2.67 bits per heavy atom. The molecule has 0 aromatic carbocycles. The molecular formula is C16H24O2. The minimum atomic E-state index is -0.708. The van der Waals surface area contributed by atoms with Crippen molar-refractivity contribution in [2.45, 2.75) is 58.8 Å². The van der Waals surface area contributed by atoms with E-state index in [2.05, 4.69) is 6.08 Å². The lowest BCUT2D eigenvalue weighted by Crippen LogP contribution is -2.56. The summed E-state index contributed by atoms with van der Waals surface area (Å²) in [5.74, 6) is 0.225. The van der Waals surface area contributed by atoms with Crippen molar-refractivity contribution in [3.05, 3.63) is 11.6 Å². The van der Waals surface area contributed by atoms with Crippen LogP contribution in [0.2, 0.25) is 0 Å². The van der Waals surface area contributed by atoms with Crippen molar-refractivity contribution in [3.8, 4) is 0 Å². The van der Waals surface area contributed by atoms with Crippen molar-refractivity contribution in [1.82, 2.24) is 0 Å². The predicted octanol–water partition coefficient (Wildman–Crippen LogP) is 4.01. The fourth-order valence-electron chi connectivity index (χ4n) is 5.32. The van der Waals surface area contributed by atoms with E-state index in [1.165, 1.54) is 44.9 Å². The van der Waals surface area contributed by atoms with E-state index < -0.39 is 5.97 Å². The van der Waals surface area contributed by atoms with Gasteiger partial charge in [-0.1, -0.05) is 32.8 Å². The summed E-state index contributed by atoms with van der Waals surface area (Å²) in [4.78, 5) is 11.4. The van der Waals surface area contributed by atoms with Gasteiger partial charge < -0.3 is 5.11 Å². The second-order valence-corrected chi connectivity index (χ2v) is 7.13. The van der Waals surface area contributed by atoms with Crippen LogP contribution in [0.3, 0.4) is 0 Å². The van der Waals surface area contributed by atoms with Gasteiger partial charge in [0.15, 0.2) is 0 Å². The van der Waals surface area contributed by atoms with Gasteiger partial charge in [-0.15, -0.1) is 0 Å². The van der Waals surface area contributed by atoms with Crippen LogP contribution in [0.5, 0.6) is 0 Å². The predicted molar refractivity (Wildman–Crippen MR) is 71.2 cm³/mol. The Balaban J connectivity index is 1.92. The van der Waals surface area contributed by atoms with Gasteiger partial charge in [0.1, 0.15) is 0 Å². The number of rotatable bonds is 3. The molecule has 0 radical (unpaired) electrons. The van der Waals surface area contributed by atoms with Crippen LogP contribution in [-0.2, 0) is 4.79 Å². The van der Waals surface area contributed by atoms with Crippen LogP contribution in [0.1, 0.15) is 58.8 Å². The summed E-state index contributed by atoms with van der Waals surface area (Å²) in [5.41, 5.74) is 1.53. The van der Waals surface area contributed by atoms with E-state index in [0.717, 1.165) is 5.92 Å². The molecule has 3 rings (SSSR count). The molecule has 2 bridgehead atoms. The molecule has 0 amide bonds. The topological polar surface area (TPSA) is 37.3 Å². The Kier molecular flexibility index (Phi) is 2.62. The first-order valence-electron chi connectivity index (χ1n) is 7.45. The third-order valence-corrected chi connectivity index (χ3v) is 5.91. The Bertz CT molecular complexity index is 409. The smallest absolute Gasteiger partial charge is 0.331 e. The van der Waals surface area contributed by atoms with Crippen molar-refractivity contribution in [2.75, 3.05) is 0 Å². The summed E-state index contributed by atoms with van der Waals surface area (Å²) in [7, 11) is 0. The highest BCUT2D eigenvalue weighted by Crippen LogP contribution is 2.74. The molecule has 0 saturated heterocycles. The lowest BCUT2D eigenvalue weighted by molar-refractivity contribution is -0.135. The summed E-state index contributed by atoms with van der Waals surface area (Å²) in [6.45, 7) is 4.00. The molecule has 3 aliphatic carbocycles. The van der Waals surface area contributed by atoms with Gasteiger partial charge in [-0.25, -0.2) is 4.79 Å². The van der Waals surface area contributed by atoms with Crippen molar-refractivity contribution < 1.29 is 9.90 Å². The molecule has 3 saturated carbocycles. The fraction of sp³-hybridized carbons (Fsp3) is 0.812. The third-order valence-electron chi connectivity index (χ3n) is 5.91. The minimum absolute atomic E-state index is 0.134. The maximum absolute atomic E-state index is 11.4. The molecule has 2 heteroatoms. The minimum Gasteiger partial charge on any atom is -0.478 e. The van der Waals surface area contributed by atoms with E-state index in [9.17, 15) is 9.90 Å². The quantitative estimate of drug-likeness (QED) is 0.766. The molecule has 3 atom stereocenters. The van der Waals surface area contributed by atoms with Crippen LogP contribution < -0.4 is 0 Å². The van der Waals surface area contributed by atoms with Gasteiger partial charge in [-0.3, -0.25) is 0 Å². The summed E-state index contributed by atoms with van der Waals surface area (Å²) in [6.07, 6.45) is 11.5. The molecule has 2 nitrogen and oxygen atoms in total. The summed E-state index contributed by atoms with van der Waals surface area (Å²) in [5, 5.41) is 9.38. The van der Waals surface area contributed by atoms with Gasteiger partial charge in [0.25, 0.3) is 0 Å². The SMILES string of the molecule is CC(C)C(=CC12CCCC3(CCCC13)C2)C(=O)O. The molecular weight excluding hydrogens is 224 g/mol. The van der Waals surface area contributed by atoms with Gasteiger partial charge in [-0.05, 0) is 54.8 Å². The maximum atomic E-state index is 11.4. The summed E-state index contributed by atoms with van der Waals surface area (Å²) >= 11 is 0. The zero-order valence-corrected chi connectivity index (χ0v) is 11.5. The molecule has 0 heterocycles. The largest absolute Gasteiger partial charge is 0.478 e. The zero-order valence-electron chi connectivity index (χ0n) is 11.5. The van der Waals surface area contributed by atoms with Gasteiger partial charge in [0.05, 0.1) is 0 Å². The first kappa shape index (κ1) is 12.3. The molecule has 18 heavy (non-hydrogen) atoms. The standard InChI is InChI=1S/C16H24O2/c1-11(2)12(14(17)18)9-16-8-4-7-15(10-16)6-3-5-13(15)16/h9,11,13H,3-8,10H2,1-2H3,(H,17,18). The highest BCUT2D eigenvalue weighted by Gasteiger charge is 2.65. The molecule has 0 spiro atoms. The number of carboxylic acid groups (broad SMARTS) is 1. The third kappa shape index (κ3) is 1.50. The fourth-order valence-corrected chi connectivity index (χ4v) is 5.32. The zero-order chi connectivity index (χ0) is 13.0. The van der Waals surface area contributed by atoms with Gasteiger partial charge in [0, 0.05) is 5.57 Å². The molecule has 3 aliphatic rings. The number of carboxylic acids is 1. The van der Waals surface area contributed by atoms with Crippen LogP contribution >= 0.6 is 0 Å². The van der Waals surface area contributed by atoms with E-state index in [-0.39, 0.29) is 11.3 Å². The Morgan fingerprint density at radius 1 is 1.28 bits per heavy atom. The van der Waals surface area contributed by atoms with Crippen molar-refractivity contribution in [2.24, 2.45) is 22.7 Å². The second-order valence-electron chi connectivity index (χ2n) is 7.13. The van der Waals surface area contributed by atoms with Gasteiger partial charge in [0.2, 0.25) is 0 Å². The average Bonchev–Trinajstić information content (AvgIpc) is 2.65. The number of hydrogen-bond acceptors (Lipinski definition) is 1. The number of hydrogen-bond donors (Lipinski definition) is 1. The summed E-state index contributed by atoms with van der Waals surface area (Å²) < 4.78 is 0. The number of allylic oxidation sites excluding steroid dienone is 1.